The summed E-state index contributed by atoms with van der Waals surface area (Å²) in [6, 6.07) is 57.0. The molecule has 0 bridgehead atoms. The van der Waals surface area contributed by atoms with Gasteiger partial charge in [-0.05, 0) is 89.3 Å². The third kappa shape index (κ3) is 4.41. The number of hydrogen-bond donors (Lipinski definition) is 0. The van der Waals surface area contributed by atoms with Gasteiger partial charge in [0.1, 0.15) is 5.69 Å². The summed E-state index contributed by atoms with van der Waals surface area (Å²) in [6.45, 7) is 0. The van der Waals surface area contributed by atoms with E-state index >= 15 is 0 Å². The minimum atomic E-state index is 0.763. The lowest BCUT2D eigenvalue weighted by atomic mass is 9.82. The largest absolute Gasteiger partial charge is 0.261 e. The molecule has 232 valence electrons. The van der Waals surface area contributed by atoms with Crippen LogP contribution in [0.15, 0.2) is 176 Å². The van der Waals surface area contributed by atoms with Gasteiger partial charge in [0.25, 0.3) is 0 Å². The topological polar surface area (TPSA) is 38.7 Å². The summed E-state index contributed by atoms with van der Waals surface area (Å²) in [4.78, 5) is 13.6. The number of fused-ring (bicyclic) bond motifs is 4. The van der Waals surface area contributed by atoms with Crippen LogP contribution in [0.2, 0.25) is 0 Å². The highest BCUT2D eigenvalue weighted by Crippen LogP contribution is 2.58. The maximum atomic E-state index is 4.91. The Balaban J connectivity index is 1.17. The standard InChI is InChI=1S/C47H29N3/c1-3-11-32(12-4-1)43-36-15-7-8-16-37(36)44(33-13-5-2-6-14-33)47-39-26-25-34(35-17-9-18-38(45(35)39)46(43)47)30-21-23-31(24-22-30)40-19-10-20-41(50-40)42-29-48-27-28-49-42/h1-29H. The number of rotatable bonds is 5. The summed E-state index contributed by atoms with van der Waals surface area (Å²) in [6.07, 6.45) is 5.12. The SMILES string of the molecule is c1ccc(-c2c3c(c(-c4ccccc4)c4ccccc24)-c2ccc(-c4ccc(-c5cccc(-c6cnccn6)n5)cc4)c4cccc-3c24)cc1. The van der Waals surface area contributed by atoms with Gasteiger partial charge in [-0.15, -0.1) is 0 Å². The van der Waals surface area contributed by atoms with Gasteiger partial charge in [-0.25, -0.2) is 4.98 Å². The quantitative estimate of drug-likeness (QED) is 0.189. The van der Waals surface area contributed by atoms with Crippen molar-refractivity contribution in [3.8, 4) is 78.3 Å². The van der Waals surface area contributed by atoms with Crippen molar-refractivity contribution in [2.45, 2.75) is 0 Å². The number of benzene rings is 7. The second-order valence-electron chi connectivity index (χ2n) is 12.7. The molecule has 0 radical (unpaired) electrons. The number of nitrogens with zero attached hydrogens (tertiary/aromatic N) is 3. The van der Waals surface area contributed by atoms with Crippen molar-refractivity contribution in [2.75, 3.05) is 0 Å². The Morgan fingerprint density at radius 3 is 1.54 bits per heavy atom. The molecule has 0 N–H and O–H groups in total. The van der Waals surface area contributed by atoms with Gasteiger partial charge in [0.15, 0.2) is 0 Å². The molecule has 0 amide bonds. The predicted octanol–water partition coefficient (Wildman–Crippen LogP) is 12.2. The summed E-state index contributed by atoms with van der Waals surface area (Å²) < 4.78 is 0. The van der Waals surface area contributed by atoms with E-state index in [1.54, 1.807) is 18.6 Å². The average Bonchev–Trinajstić information content (AvgIpc) is 3.53. The summed E-state index contributed by atoms with van der Waals surface area (Å²) in [5, 5.41) is 5.11. The van der Waals surface area contributed by atoms with Crippen molar-refractivity contribution in [3.63, 3.8) is 0 Å². The van der Waals surface area contributed by atoms with Gasteiger partial charge in [-0.2, -0.15) is 0 Å². The van der Waals surface area contributed by atoms with Gasteiger partial charge in [0.05, 0.1) is 17.6 Å². The first-order valence-electron chi connectivity index (χ1n) is 16.9. The van der Waals surface area contributed by atoms with Crippen LogP contribution in [-0.4, -0.2) is 15.0 Å². The van der Waals surface area contributed by atoms with Crippen molar-refractivity contribution in [1.29, 1.82) is 0 Å². The zero-order valence-electron chi connectivity index (χ0n) is 27.1. The number of aromatic nitrogens is 3. The van der Waals surface area contributed by atoms with Crippen LogP contribution in [0.4, 0.5) is 0 Å². The maximum Gasteiger partial charge on any atom is 0.107 e. The first-order chi connectivity index (χ1) is 24.8. The second kappa shape index (κ2) is 11.5. The molecule has 0 saturated carbocycles. The van der Waals surface area contributed by atoms with Crippen molar-refractivity contribution in [1.82, 2.24) is 15.0 Å². The smallest absolute Gasteiger partial charge is 0.107 e. The highest BCUT2D eigenvalue weighted by molar-refractivity contribution is 6.28. The molecule has 0 saturated heterocycles. The minimum Gasteiger partial charge on any atom is -0.261 e. The van der Waals surface area contributed by atoms with E-state index in [1.165, 1.54) is 77.2 Å². The van der Waals surface area contributed by atoms with Crippen LogP contribution in [0.1, 0.15) is 0 Å². The van der Waals surface area contributed by atoms with Crippen LogP contribution >= 0.6 is 0 Å². The Bertz CT molecular complexity index is 2630. The molecule has 3 nitrogen and oxygen atoms in total. The second-order valence-corrected chi connectivity index (χ2v) is 12.7. The van der Waals surface area contributed by atoms with E-state index in [0.717, 1.165) is 22.6 Å². The summed E-state index contributed by atoms with van der Waals surface area (Å²) >= 11 is 0. The van der Waals surface area contributed by atoms with E-state index in [0.29, 0.717) is 0 Å². The third-order valence-electron chi connectivity index (χ3n) is 9.99. The molecule has 0 fully saturated rings. The van der Waals surface area contributed by atoms with Gasteiger partial charge < -0.3 is 0 Å². The maximum absolute atomic E-state index is 4.91. The number of pyridine rings is 1. The van der Waals surface area contributed by atoms with E-state index in [1.807, 2.05) is 18.2 Å². The Morgan fingerprint density at radius 2 is 0.880 bits per heavy atom. The molecule has 0 atom stereocenters. The summed E-state index contributed by atoms with van der Waals surface area (Å²) in [5.74, 6) is 0. The number of hydrogen-bond acceptors (Lipinski definition) is 3. The molecule has 50 heavy (non-hydrogen) atoms. The molecule has 1 aliphatic rings. The first-order valence-corrected chi connectivity index (χ1v) is 16.9. The van der Waals surface area contributed by atoms with Crippen LogP contribution in [0.3, 0.4) is 0 Å². The Kier molecular flexibility index (Phi) is 6.49. The Labute approximate surface area is 290 Å². The van der Waals surface area contributed by atoms with Crippen LogP contribution < -0.4 is 0 Å². The average molecular weight is 636 g/mol. The lowest BCUT2D eigenvalue weighted by molar-refractivity contribution is 1.18. The highest BCUT2D eigenvalue weighted by Gasteiger charge is 2.31. The third-order valence-corrected chi connectivity index (χ3v) is 9.99. The van der Waals surface area contributed by atoms with E-state index in [4.69, 9.17) is 4.98 Å². The minimum absolute atomic E-state index is 0.763. The van der Waals surface area contributed by atoms with Gasteiger partial charge in [-0.3, -0.25) is 9.97 Å². The molecule has 0 spiro atoms. The molecule has 0 aliphatic heterocycles. The lowest BCUT2D eigenvalue weighted by Gasteiger charge is -2.20. The van der Waals surface area contributed by atoms with Crippen LogP contribution in [-0.2, 0) is 0 Å². The zero-order chi connectivity index (χ0) is 33.0. The van der Waals surface area contributed by atoms with Crippen LogP contribution in [0.25, 0.3) is 99.8 Å². The highest BCUT2D eigenvalue weighted by atomic mass is 14.8. The molecule has 2 aromatic heterocycles. The lowest BCUT2D eigenvalue weighted by Crippen LogP contribution is -1.93. The van der Waals surface area contributed by atoms with E-state index in [-0.39, 0.29) is 0 Å². The van der Waals surface area contributed by atoms with Crippen molar-refractivity contribution in [2.24, 2.45) is 0 Å². The molecular weight excluding hydrogens is 607 g/mol. The van der Waals surface area contributed by atoms with Gasteiger partial charge in [0.2, 0.25) is 0 Å². The van der Waals surface area contributed by atoms with Crippen molar-refractivity contribution in [3.05, 3.63) is 176 Å². The van der Waals surface area contributed by atoms with Crippen molar-refractivity contribution < 1.29 is 0 Å². The molecule has 2 heterocycles. The van der Waals surface area contributed by atoms with E-state index < -0.39 is 0 Å². The molecule has 1 aliphatic carbocycles. The van der Waals surface area contributed by atoms with Crippen LogP contribution in [0.5, 0.6) is 0 Å². The Hall–Kier alpha value is -6.71. The van der Waals surface area contributed by atoms with Gasteiger partial charge >= 0.3 is 0 Å². The molecule has 10 rings (SSSR count). The van der Waals surface area contributed by atoms with Gasteiger partial charge in [0, 0.05) is 18.0 Å². The summed E-state index contributed by atoms with van der Waals surface area (Å²) in [5.41, 5.74) is 16.2. The molecule has 9 aromatic rings. The van der Waals surface area contributed by atoms with Gasteiger partial charge in [-0.1, -0.05) is 146 Å². The van der Waals surface area contributed by atoms with E-state index in [2.05, 4.69) is 149 Å². The normalized spacial score (nSPS) is 11.6. The summed E-state index contributed by atoms with van der Waals surface area (Å²) in [7, 11) is 0. The fraction of sp³-hybridized carbons (Fsp3) is 0. The molecule has 0 unspecified atom stereocenters. The fourth-order valence-corrected chi connectivity index (χ4v) is 7.85. The molecule has 7 aromatic carbocycles. The Morgan fingerprint density at radius 1 is 0.320 bits per heavy atom. The molecular formula is C47H29N3. The van der Waals surface area contributed by atoms with Crippen molar-refractivity contribution >= 4 is 21.5 Å². The van der Waals surface area contributed by atoms with E-state index in [9.17, 15) is 0 Å². The monoisotopic (exact) mass is 635 g/mol. The zero-order valence-corrected chi connectivity index (χ0v) is 27.1. The van der Waals surface area contributed by atoms with Crippen LogP contribution in [0, 0.1) is 0 Å². The predicted molar refractivity (Wildman–Crippen MR) is 206 cm³/mol. The first kappa shape index (κ1) is 28.3. The fourth-order valence-electron chi connectivity index (χ4n) is 7.85. The molecule has 3 heteroatoms.